The van der Waals surface area contributed by atoms with E-state index in [4.69, 9.17) is 10.5 Å². The van der Waals surface area contributed by atoms with Gasteiger partial charge in [0.25, 0.3) is 5.91 Å². The van der Waals surface area contributed by atoms with Crippen LogP contribution >= 0.6 is 0 Å². The second-order valence-corrected chi connectivity index (χ2v) is 1.60. The quantitative estimate of drug-likeness (QED) is 0.551. The second kappa shape index (κ2) is 2.82. The third kappa shape index (κ3) is 1.45. The molecule has 0 aliphatic carbocycles. The fourth-order valence-corrected chi connectivity index (χ4v) is 0.479. The van der Waals surface area contributed by atoms with Crippen LogP contribution in [0.25, 0.3) is 0 Å². The Kier molecular flexibility index (Phi) is 1.84. The lowest BCUT2D eigenvalue weighted by Gasteiger charge is -1.96. The van der Waals surface area contributed by atoms with E-state index in [0.29, 0.717) is 0 Å². The number of hydrogen-bond donors (Lipinski definition) is 1. The maximum absolute atomic E-state index is 10.4. The van der Waals surface area contributed by atoms with Crippen LogP contribution in [0, 0.1) is 0 Å². The van der Waals surface area contributed by atoms with E-state index >= 15 is 0 Å². The van der Waals surface area contributed by atoms with Gasteiger partial charge in [-0.1, -0.05) is 0 Å². The minimum atomic E-state index is -0.599. The van der Waals surface area contributed by atoms with Gasteiger partial charge in [0.05, 0.1) is 6.20 Å². The fraction of sp³-hybridized carbons (Fsp3) is 0. The van der Waals surface area contributed by atoms with Crippen molar-refractivity contribution in [1.82, 2.24) is 0 Å². The molecule has 10 heavy (non-hydrogen) atoms. The highest BCUT2D eigenvalue weighted by molar-refractivity contribution is 5.94. The Morgan fingerprint density at radius 3 is 3.20 bits per heavy atom. The number of rotatable bonds is 1. The zero-order valence-electron chi connectivity index (χ0n) is 5.15. The van der Waals surface area contributed by atoms with Crippen molar-refractivity contribution in [3.8, 4) is 0 Å². The molecule has 1 aliphatic rings. The van der Waals surface area contributed by atoms with Gasteiger partial charge >= 0.3 is 0 Å². The molecule has 0 aromatic carbocycles. The minimum absolute atomic E-state index is 0.0949. The number of allylic oxidation sites excluding steroid dienone is 1. The van der Waals surface area contributed by atoms with Gasteiger partial charge in [-0.2, -0.15) is 0 Å². The van der Waals surface area contributed by atoms with Crippen molar-refractivity contribution in [2.24, 2.45) is 10.7 Å². The van der Waals surface area contributed by atoms with E-state index in [1.165, 1.54) is 24.8 Å². The van der Waals surface area contributed by atoms with Gasteiger partial charge in [-0.25, -0.2) is 0 Å². The fourth-order valence-electron chi connectivity index (χ4n) is 0.479. The normalized spacial score (nSPS) is 15.4. The molecule has 1 heterocycles. The summed E-state index contributed by atoms with van der Waals surface area (Å²) in [5.41, 5.74) is 4.91. The predicted molar refractivity (Wildman–Crippen MR) is 36.0 cm³/mol. The molecule has 0 fully saturated rings. The third-order valence-electron chi connectivity index (χ3n) is 0.897. The molecule has 0 bridgehead atoms. The third-order valence-corrected chi connectivity index (χ3v) is 0.897. The van der Waals surface area contributed by atoms with Crippen molar-refractivity contribution in [1.29, 1.82) is 0 Å². The first-order chi connectivity index (χ1) is 4.80. The lowest BCUT2D eigenvalue weighted by atomic mass is 10.4. The highest BCUT2D eigenvalue weighted by atomic mass is 16.5. The summed E-state index contributed by atoms with van der Waals surface area (Å²) in [4.78, 5) is 14.1. The van der Waals surface area contributed by atoms with Crippen molar-refractivity contribution in [3.63, 3.8) is 0 Å². The molecule has 1 amide bonds. The molecule has 0 unspecified atom stereocenters. The Labute approximate surface area is 57.7 Å². The SMILES string of the molecule is NC(=O)C1=CC=NC=CO1. The van der Waals surface area contributed by atoms with Crippen LogP contribution in [0.1, 0.15) is 0 Å². The molecule has 0 atom stereocenters. The lowest BCUT2D eigenvalue weighted by molar-refractivity contribution is -0.117. The number of carbonyl (C=O) groups is 1. The summed E-state index contributed by atoms with van der Waals surface area (Å²) in [6.45, 7) is 0. The van der Waals surface area contributed by atoms with Gasteiger partial charge in [-0.3, -0.25) is 9.79 Å². The summed E-state index contributed by atoms with van der Waals surface area (Å²) < 4.78 is 4.75. The molecule has 4 heteroatoms. The van der Waals surface area contributed by atoms with E-state index in [9.17, 15) is 4.79 Å². The second-order valence-electron chi connectivity index (χ2n) is 1.60. The number of amides is 1. The van der Waals surface area contributed by atoms with Crippen LogP contribution in [0.15, 0.2) is 29.3 Å². The molecule has 1 aliphatic heterocycles. The number of carbonyl (C=O) groups excluding carboxylic acids is 1. The first kappa shape index (κ1) is 6.54. The smallest absolute Gasteiger partial charge is 0.284 e. The molecule has 0 aromatic heterocycles. The number of aliphatic imine (C=N–C) groups is 1. The average Bonchev–Trinajstić information content (AvgIpc) is 2.12. The Balaban J connectivity index is 2.78. The topological polar surface area (TPSA) is 64.7 Å². The average molecular weight is 138 g/mol. The molecule has 0 saturated heterocycles. The van der Waals surface area contributed by atoms with E-state index in [1.807, 2.05) is 0 Å². The summed E-state index contributed by atoms with van der Waals surface area (Å²) in [6.07, 6.45) is 5.55. The van der Waals surface area contributed by atoms with Gasteiger partial charge in [0.1, 0.15) is 6.26 Å². The number of nitrogens with two attached hydrogens (primary N) is 1. The highest BCUT2D eigenvalue weighted by Gasteiger charge is 2.03. The minimum Gasteiger partial charge on any atom is -0.458 e. The van der Waals surface area contributed by atoms with Crippen LogP contribution in [0.3, 0.4) is 0 Å². The molecule has 0 saturated carbocycles. The van der Waals surface area contributed by atoms with Gasteiger partial charge in [0.2, 0.25) is 0 Å². The zero-order chi connectivity index (χ0) is 7.40. The molecule has 0 radical (unpaired) electrons. The first-order valence-corrected chi connectivity index (χ1v) is 2.65. The van der Waals surface area contributed by atoms with Crippen LogP contribution in [-0.2, 0) is 9.53 Å². The van der Waals surface area contributed by atoms with Crippen LogP contribution in [-0.4, -0.2) is 12.1 Å². The highest BCUT2D eigenvalue weighted by Crippen LogP contribution is 1.98. The molecule has 0 aromatic rings. The summed E-state index contributed by atoms with van der Waals surface area (Å²) in [6, 6.07) is 0. The zero-order valence-corrected chi connectivity index (χ0v) is 5.15. The Morgan fingerprint density at radius 2 is 2.50 bits per heavy atom. The predicted octanol–water partition coefficient (Wildman–Crippen LogP) is -0.0722. The van der Waals surface area contributed by atoms with E-state index < -0.39 is 5.91 Å². The van der Waals surface area contributed by atoms with E-state index in [2.05, 4.69) is 4.99 Å². The van der Waals surface area contributed by atoms with E-state index in [0.717, 1.165) is 0 Å². The van der Waals surface area contributed by atoms with Crippen molar-refractivity contribution < 1.29 is 9.53 Å². The van der Waals surface area contributed by atoms with E-state index in [1.54, 1.807) is 0 Å². The summed E-state index contributed by atoms with van der Waals surface area (Å²) in [5.74, 6) is -0.504. The summed E-state index contributed by atoms with van der Waals surface area (Å²) >= 11 is 0. The standard InChI is InChI=1S/C6H6N2O2/c7-6(9)5-1-2-8-3-4-10-5/h1-4H,(H2,7,9). The maximum atomic E-state index is 10.4. The Morgan fingerprint density at radius 1 is 1.70 bits per heavy atom. The van der Waals surface area contributed by atoms with Gasteiger partial charge in [0, 0.05) is 12.3 Å². The number of ether oxygens (including phenoxy) is 1. The summed E-state index contributed by atoms with van der Waals surface area (Å²) in [7, 11) is 0. The number of hydrogen-bond acceptors (Lipinski definition) is 3. The maximum Gasteiger partial charge on any atom is 0.284 e. The van der Waals surface area contributed by atoms with Gasteiger partial charge in [0.15, 0.2) is 5.76 Å². The van der Waals surface area contributed by atoms with Crippen molar-refractivity contribution in [3.05, 3.63) is 24.3 Å². The molecule has 0 spiro atoms. The van der Waals surface area contributed by atoms with Gasteiger partial charge < -0.3 is 10.5 Å². The van der Waals surface area contributed by atoms with Gasteiger partial charge in [-0.15, -0.1) is 0 Å². The summed E-state index contributed by atoms with van der Waals surface area (Å²) in [5, 5.41) is 0. The van der Waals surface area contributed by atoms with Gasteiger partial charge in [-0.05, 0) is 0 Å². The first-order valence-electron chi connectivity index (χ1n) is 2.65. The van der Waals surface area contributed by atoms with E-state index in [-0.39, 0.29) is 5.76 Å². The monoisotopic (exact) mass is 138 g/mol. The van der Waals surface area contributed by atoms with Crippen LogP contribution in [0.2, 0.25) is 0 Å². The molecular formula is C6H6N2O2. The Hall–Kier alpha value is -1.58. The lowest BCUT2D eigenvalue weighted by Crippen LogP contribution is -2.14. The number of primary amides is 1. The molecule has 4 nitrogen and oxygen atoms in total. The van der Waals surface area contributed by atoms with Crippen molar-refractivity contribution >= 4 is 12.1 Å². The molecular weight excluding hydrogens is 132 g/mol. The molecule has 2 N–H and O–H groups in total. The van der Waals surface area contributed by atoms with Crippen molar-refractivity contribution in [2.75, 3.05) is 0 Å². The Bertz CT molecular complexity index is 228. The largest absolute Gasteiger partial charge is 0.458 e. The molecule has 1 rings (SSSR count). The molecule has 52 valence electrons. The number of nitrogens with zero attached hydrogens (tertiary/aromatic N) is 1. The van der Waals surface area contributed by atoms with Crippen LogP contribution in [0.4, 0.5) is 0 Å². The van der Waals surface area contributed by atoms with Crippen LogP contribution in [0.5, 0.6) is 0 Å². The van der Waals surface area contributed by atoms with Crippen molar-refractivity contribution in [2.45, 2.75) is 0 Å². The van der Waals surface area contributed by atoms with Crippen LogP contribution < -0.4 is 5.73 Å².